The van der Waals surface area contributed by atoms with Crippen LogP contribution in [0.1, 0.15) is 6.92 Å². The van der Waals surface area contributed by atoms with Gasteiger partial charge in [-0.1, -0.05) is 13.2 Å². The van der Waals surface area contributed by atoms with Crippen LogP contribution in [0.25, 0.3) is 0 Å². The van der Waals surface area contributed by atoms with Gasteiger partial charge in [0.2, 0.25) is 10.0 Å². The number of benzene rings is 1. The molecule has 10 nitrogen and oxygen atoms in total. The normalized spacial score (nSPS) is 11.1. The highest BCUT2D eigenvalue weighted by Gasteiger charge is 2.31. The molecule has 0 unspecified atom stereocenters. The highest BCUT2D eigenvalue weighted by Crippen LogP contribution is 2.16. The van der Waals surface area contributed by atoms with Crippen molar-refractivity contribution in [2.75, 3.05) is 13.2 Å². The van der Waals surface area contributed by atoms with E-state index in [0.29, 0.717) is 0 Å². The van der Waals surface area contributed by atoms with Crippen molar-refractivity contribution in [1.29, 1.82) is 0 Å². The SMILES string of the molecule is C=CC(=O)OCC(C)(COC(=O)C=C)NC(=O)Oc1ccc(S(N)(=O)=O)cc1. The van der Waals surface area contributed by atoms with Gasteiger partial charge in [-0.15, -0.1) is 0 Å². The van der Waals surface area contributed by atoms with E-state index >= 15 is 0 Å². The molecular weight excluding hydrogens is 392 g/mol. The number of sulfonamides is 1. The predicted octanol–water partition coefficient (Wildman–Crippen LogP) is 0.640. The average Bonchev–Trinajstić information content (AvgIpc) is 2.63. The van der Waals surface area contributed by atoms with Crippen LogP contribution >= 0.6 is 0 Å². The minimum absolute atomic E-state index is 0.0263. The van der Waals surface area contributed by atoms with Crippen molar-refractivity contribution in [3.8, 4) is 5.75 Å². The van der Waals surface area contributed by atoms with E-state index in [1.165, 1.54) is 19.1 Å². The summed E-state index contributed by atoms with van der Waals surface area (Å²) in [7, 11) is -3.88. The van der Waals surface area contributed by atoms with E-state index in [1.807, 2.05) is 0 Å². The van der Waals surface area contributed by atoms with E-state index in [2.05, 4.69) is 18.5 Å². The molecule has 1 rings (SSSR count). The first-order valence-corrected chi connectivity index (χ1v) is 9.25. The zero-order chi connectivity index (χ0) is 21.4. The number of primary sulfonamides is 1. The molecule has 0 aliphatic heterocycles. The van der Waals surface area contributed by atoms with Crippen LogP contribution in [-0.2, 0) is 29.1 Å². The molecule has 0 atom stereocenters. The standard InChI is InChI=1S/C17H20N2O8S/c1-4-14(20)25-10-17(3,11-26-15(21)5-2)19-16(22)27-12-6-8-13(9-7-12)28(18,23)24/h4-9H,1-2,10-11H2,3H3,(H,19,22)(H2,18,23,24). The molecule has 0 heterocycles. The maximum absolute atomic E-state index is 12.1. The Morgan fingerprint density at radius 2 is 1.54 bits per heavy atom. The van der Waals surface area contributed by atoms with Crippen LogP contribution in [0.4, 0.5) is 4.79 Å². The van der Waals surface area contributed by atoms with Crippen LogP contribution in [0.3, 0.4) is 0 Å². The molecular formula is C17H20N2O8S. The number of ether oxygens (including phenoxy) is 3. The first-order chi connectivity index (χ1) is 13.0. The fourth-order valence-corrected chi connectivity index (χ4v) is 2.28. The summed E-state index contributed by atoms with van der Waals surface area (Å²) in [6, 6.07) is 4.78. The van der Waals surface area contributed by atoms with Gasteiger partial charge in [0.15, 0.2) is 0 Å². The van der Waals surface area contributed by atoms with Crippen LogP contribution in [0.2, 0.25) is 0 Å². The molecule has 3 N–H and O–H groups in total. The van der Waals surface area contributed by atoms with Gasteiger partial charge in [-0.3, -0.25) is 0 Å². The summed E-state index contributed by atoms with van der Waals surface area (Å²) < 4.78 is 37.3. The van der Waals surface area contributed by atoms with E-state index in [9.17, 15) is 22.8 Å². The van der Waals surface area contributed by atoms with Gasteiger partial charge in [-0.05, 0) is 31.2 Å². The lowest BCUT2D eigenvalue weighted by atomic mass is 10.1. The van der Waals surface area contributed by atoms with Crippen LogP contribution < -0.4 is 15.2 Å². The predicted molar refractivity (Wildman–Crippen MR) is 97.7 cm³/mol. The van der Waals surface area contributed by atoms with Crippen molar-refractivity contribution >= 4 is 28.1 Å². The quantitative estimate of drug-likeness (QED) is 0.443. The third kappa shape index (κ3) is 7.60. The molecule has 0 saturated carbocycles. The van der Waals surface area contributed by atoms with Crippen molar-refractivity contribution in [1.82, 2.24) is 5.32 Å². The van der Waals surface area contributed by atoms with Crippen LogP contribution in [0.5, 0.6) is 5.75 Å². The van der Waals surface area contributed by atoms with Crippen LogP contribution in [0.15, 0.2) is 54.5 Å². The summed E-state index contributed by atoms with van der Waals surface area (Å²) in [6.07, 6.45) is 0.901. The molecule has 1 aromatic rings. The van der Waals surface area contributed by atoms with E-state index in [4.69, 9.17) is 19.3 Å². The minimum Gasteiger partial charge on any atom is -0.460 e. The number of rotatable bonds is 9. The Balaban J connectivity index is 2.83. The number of carbonyl (C=O) groups is 3. The fourth-order valence-electron chi connectivity index (χ4n) is 1.77. The molecule has 28 heavy (non-hydrogen) atoms. The van der Waals surface area contributed by atoms with E-state index < -0.39 is 33.6 Å². The largest absolute Gasteiger partial charge is 0.460 e. The summed E-state index contributed by atoms with van der Waals surface area (Å²) in [6.45, 7) is 7.26. The average molecular weight is 412 g/mol. The molecule has 1 amide bonds. The van der Waals surface area contributed by atoms with Crippen molar-refractivity contribution in [3.63, 3.8) is 0 Å². The second-order valence-corrected chi connectivity index (χ2v) is 7.28. The molecule has 0 fully saturated rings. The number of nitrogens with two attached hydrogens (primary N) is 1. The smallest absolute Gasteiger partial charge is 0.413 e. The number of hydrogen-bond acceptors (Lipinski definition) is 8. The van der Waals surface area contributed by atoms with Gasteiger partial charge >= 0.3 is 18.0 Å². The van der Waals surface area contributed by atoms with Crippen molar-refractivity contribution in [3.05, 3.63) is 49.6 Å². The Labute approximate surface area is 162 Å². The molecule has 152 valence electrons. The van der Waals surface area contributed by atoms with E-state index in [-0.39, 0.29) is 23.9 Å². The van der Waals surface area contributed by atoms with Crippen LogP contribution in [-0.4, -0.2) is 45.2 Å². The summed E-state index contributed by atoms with van der Waals surface area (Å²) >= 11 is 0. The number of nitrogens with one attached hydrogen (secondary N) is 1. The van der Waals surface area contributed by atoms with Crippen molar-refractivity contribution in [2.24, 2.45) is 5.14 Å². The lowest BCUT2D eigenvalue weighted by molar-refractivity contribution is -0.144. The Morgan fingerprint density at radius 3 is 1.93 bits per heavy atom. The molecule has 11 heteroatoms. The van der Waals surface area contributed by atoms with Gasteiger partial charge in [0, 0.05) is 12.2 Å². The lowest BCUT2D eigenvalue weighted by Gasteiger charge is -2.28. The first kappa shape index (κ1) is 22.9. The molecule has 0 spiro atoms. The summed E-state index contributed by atoms with van der Waals surface area (Å²) in [4.78, 5) is 34.5. The molecule has 1 aromatic carbocycles. The fraction of sp³-hybridized carbons (Fsp3) is 0.235. The van der Waals surface area contributed by atoms with Gasteiger partial charge in [0.25, 0.3) is 0 Å². The monoisotopic (exact) mass is 412 g/mol. The second-order valence-electron chi connectivity index (χ2n) is 5.72. The number of amides is 1. The molecule has 0 aliphatic carbocycles. The zero-order valence-electron chi connectivity index (χ0n) is 15.0. The minimum atomic E-state index is -3.88. The molecule has 0 saturated heterocycles. The van der Waals surface area contributed by atoms with E-state index in [0.717, 1.165) is 24.3 Å². The van der Waals surface area contributed by atoms with Gasteiger partial charge < -0.3 is 19.5 Å². The third-order valence-electron chi connectivity index (χ3n) is 3.17. The van der Waals surface area contributed by atoms with Gasteiger partial charge in [-0.2, -0.15) is 0 Å². The van der Waals surface area contributed by atoms with Gasteiger partial charge in [0.1, 0.15) is 24.5 Å². The van der Waals surface area contributed by atoms with Crippen LogP contribution in [0, 0.1) is 0 Å². The first-order valence-electron chi connectivity index (χ1n) is 7.70. The summed E-state index contributed by atoms with van der Waals surface area (Å²) in [5.41, 5.74) is -1.32. The number of esters is 2. The number of hydrogen-bond donors (Lipinski definition) is 2. The highest BCUT2D eigenvalue weighted by molar-refractivity contribution is 7.89. The third-order valence-corrected chi connectivity index (χ3v) is 4.10. The maximum atomic E-state index is 12.1. The Morgan fingerprint density at radius 1 is 1.07 bits per heavy atom. The Bertz CT molecular complexity index is 838. The topological polar surface area (TPSA) is 151 Å². The molecule has 0 aromatic heterocycles. The Kier molecular flexibility index (Phi) is 7.89. The van der Waals surface area contributed by atoms with E-state index in [1.54, 1.807) is 0 Å². The second kappa shape index (κ2) is 9.67. The van der Waals surface area contributed by atoms with Crippen molar-refractivity contribution in [2.45, 2.75) is 17.4 Å². The molecule has 0 radical (unpaired) electrons. The van der Waals surface area contributed by atoms with Gasteiger partial charge in [0.05, 0.1) is 4.90 Å². The lowest BCUT2D eigenvalue weighted by Crippen LogP contribution is -2.54. The molecule has 0 bridgehead atoms. The Hall–Kier alpha value is -3.18. The number of carbonyl (C=O) groups excluding carboxylic acids is 3. The highest BCUT2D eigenvalue weighted by atomic mass is 32.2. The summed E-state index contributed by atoms with van der Waals surface area (Å²) in [5.74, 6) is -1.46. The summed E-state index contributed by atoms with van der Waals surface area (Å²) in [5, 5.41) is 7.40. The van der Waals surface area contributed by atoms with Gasteiger partial charge in [-0.25, -0.2) is 27.9 Å². The zero-order valence-corrected chi connectivity index (χ0v) is 15.9. The maximum Gasteiger partial charge on any atom is 0.413 e. The molecule has 0 aliphatic rings. The van der Waals surface area contributed by atoms with Crippen molar-refractivity contribution < 1.29 is 37.0 Å².